The fourth-order valence-electron chi connectivity index (χ4n) is 4.55. The molecule has 1 unspecified atom stereocenters. The molecule has 1 fully saturated rings. The van der Waals surface area contributed by atoms with Crippen molar-refractivity contribution < 1.29 is 27.5 Å². The number of carbonyl (C=O) groups excluding carboxylic acids is 2. The second kappa shape index (κ2) is 11.7. The molecule has 7 nitrogen and oxygen atoms in total. The third kappa shape index (κ3) is 6.55. The number of aryl methyl sites for hydroxylation is 1. The molecule has 4 rings (SSSR count). The Labute approximate surface area is 218 Å². The van der Waals surface area contributed by atoms with Gasteiger partial charge in [0.25, 0.3) is 0 Å². The quantitative estimate of drug-likeness (QED) is 0.333. The third-order valence-electron chi connectivity index (χ3n) is 6.77. The van der Waals surface area contributed by atoms with Crippen LogP contribution in [0.4, 0.5) is 24.5 Å². The average Bonchev–Trinajstić information content (AvgIpc) is 3.38. The summed E-state index contributed by atoms with van der Waals surface area (Å²) in [6, 6.07) is 12.1. The first-order chi connectivity index (χ1) is 18.2. The molecule has 38 heavy (non-hydrogen) atoms. The van der Waals surface area contributed by atoms with Gasteiger partial charge in [-0.15, -0.1) is 0 Å². The van der Waals surface area contributed by atoms with E-state index in [-0.39, 0.29) is 30.3 Å². The number of rotatable bonds is 10. The van der Waals surface area contributed by atoms with Crippen LogP contribution in [-0.4, -0.2) is 34.9 Å². The number of ether oxygens (including phenoxy) is 1. The number of Topliss-reactive ketones (excluding diaryl/α,β-unsaturated/α-hetero) is 1. The Balaban J connectivity index is 1.32. The van der Waals surface area contributed by atoms with E-state index in [0.29, 0.717) is 49.4 Å². The number of aromatic nitrogens is 2. The van der Waals surface area contributed by atoms with Gasteiger partial charge in [-0.2, -0.15) is 13.2 Å². The number of benzene rings is 2. The predicted octanol–water partition coefficient (Wildman–Crippen LogP) is 5.62. The van der Waals surface area contributed by atoms with Crippen LogP contribution < -0.4 is 10.6 Å². The summed E-state index contributed by atoms with van der Waals surface area (Å²) < 4.78 is 45.3. The number of hydrogen-bond acceptors (Lipinski definition) is 6. The van der Waals surface area contributed by atoms with Crippen molar-refractivity contribution in [3.8, 4) is 0 Å². The van der Waals surface area contributed by atoms with Gasteiger partial charge in [-0.25, -0.2) is 9.97 Å². The molecule has 0 spiro atoms. The Morgan fingerprint density at radius 3 is 2.55 bits per heavy atom. The molecule has 1 aliphatic heterocycles. The summed E-state index contributed by atoms with van der Waals surface area (Å²) in [6.45, 7) is 2.80. The van der Waals surface area contributed by atoms with Crippen LogP contribution in [0, 0.1) is 12.3 Å². The van der Waals surface area contributed by atoms with E-state index in [0.717, 1.165) is 11.6 Å². The molecule has 0 radical (unpaired) electrons. The molecule has 1 atom stereocenters. The van der Waals surface area contributed by atoms with Crippen molar-refractivity contribution in [3.63, 3.8) is 0 Å². The van der Waals surface area contributed by atoms with Crippen molar-refractivity contribution in [2.45, 2.75) is 45.3 Å². The highest BCUT2D eigenvalue weighted by Gasteiger charge is 2.41. The van der Waals surface area contributed by atoms with E-state index >= 15 is 0 Å². The Morgan fingerprint density at radius 1 is 1.11 bits per heavy atom. The Kier molecular flexibility index (Phi) is 8.41. The van der Waals surface area contributed by atoms with Gasteiger partial charge in [0.05, 0.1) is 34.5 Å². The maximum atomic E-state index is 13.3. The fraction of sp³-hybridized carbons (Fsp3) is 0.357. The zero-order valence-corrected chi connectivity index (χ0v) is 21.0. The maximum Gasteiger partial charge on any atom is 0.418 e. The predicted molar refractivity (Wildman–Crippen MR) is 136 cm³/mol. The molecular weight excluding hydrogens is 497 g/mol. The van der Waals surface area contributed by atoms with Crippen LogP contribution in [0.3, 0.4) is 0 Å². The molecule has 0 bridgehead atoms. The van der Waals surface area contributed by atoms with Crippen molar-refractivity contribution in [2.24, 2.45) is 5.41 Å². The molecule has 0 aliphatic carbocycles. The van der Waals surface area contributed by atoms with Crippen LogP contribution in [-0.2, 0) is 22.3 Å². The normalized spacial score (nSPS) is 17.3. The number of para-hydroxylation sites is 1. The standard InChI is InChI=1S/C28H29F3N4O3/c1-19-22(16-32-18-34-19)25(36)7-4-12-27(13-14-38-17-27)26(37)33-15-20-8-10-21(11-9-20)35-24-6-3-2-5-23(24)28(29,30)31/h2-3,5-6,8-11,16,18,35H,4,7,12-15,17H2,1H3,(H,33,37). The Morgan fingerprint density at radius 2 is 1.87 bits per heavy atom. The number of anilines is 2. The lowest BCUT2D eigenvalue weighted by molar-refractivity contribution is -0.137. The van der Waals surface area contributed by atoms with Crippen LogP contribution >= 0.6 is 0 Å². The average molecular weight is 527 g/mol. The molecule has 0 saturated carbocycles. The first kappa shape index (κ1) is 27.3. The lowest BCUT2D eigenvalue weighted by Gasteiger charge is -2.26. The van der Waals surface area contributed by atoms with Crippen molar-refractivity contribution in [2.75, 3.05) is 18.5 Å². The molecule has 200 valence electrons. The zero-order chi connectivity index (χ0) is 27.2. The fourth-order valence-corrected chi connectivity index (χ4v) is 4.55. The number of ketones is 1. The minimum absolute atomic E-state index is 0.0299. The first-order valence-electron chi connectivity index (χ1n) is 12.4. The van der Waals surface area contributed by atoms with E-state index in [1.165, 1.54) is 30.7 Å². The second-order valence-corrected chi connectivity index (χ2v) is 9.43. The van der Waals surface area contributed by atoms with E-state index in [4.69, 9.17) is 4.74 Å². The number of carbonyl (C=O) groups is 2. The van der Waals surface area contributed by atoms with Crippen molar-refractivity contribution in [1.29, 1.82) is 0 Å². The van der Waals surface area contributed by atoms with Crippen LogP contribution in [0.5, 0.6) is 0 Å². The summed E-state index contributed by atoms with van der Waals surface area (Å²) in [5.74, 6) is -0.188. The monoisotopic (exact) mass is 526 g/mol. The van der Waals surface area contributed by atoms with Crippen LogP contribution in [0.25, 0.3) is 0 Å². The van der Waals surface area contributed by atoms with Gasteiger partial charge in [-0.3, -0.25) is 9.59 Å². The molecule has 2 N–H and O–H groups in total. The summed E-state index contributed by atoms with van der Waals surface area (Å²) in [5.41, 5.74) is 0.955. The van der Waals surface area contributed by atoms with Gasteiger partial charge in [0.1, 0.15) is 6.33 Å². The molecule has 1 aliphatic rings. The number of nitrogens with zero attached hydrogens (tertiary/aromatic N) is 2. The van der Waals surface area contributed by atoms with E-state index in [1.807, 2.05) is 0 Å². The summed E-state index contributed by atoms with van der Waals surface area (Å²) >= 11 is 0. The highest BCUT2D eigenvalue weighted by molar-refractivity contribution is 5.96. The number of amides is 1. The lowest BCUT2D eigenvalue weighted by atomic mass is 9.80. The molecule has 1 saturated heterocycles. The number of halogens is 3. The number of alkyl halides is 3. The largest absolute Gasteiger partial charge is 0.418 e. The molecule has 1 amide bonds. The van der Waals surface area contributed by atoms with Crippen LogP contribution in [0.1, 0.15) is 52.9 Å². The van der Waals surface area contributed by atoms with E-state index < -0.39 is 17.2 Å². The maximum absolute atomic E-state index is 13.3. The molecule has 2 heterocycles. The summed E-state index contributed by atoms with van der Waals surface area (Å²) in [4.78, 5) is 33.7. The lowest BCUT2D eigenvalue weighted by Crippen LogP contribution is -2.41. The smallest absolute Gasteiger partial charge is 0.380 e. The summed E-state index contributed by atoms with van der Waals surface area (Å²) in [5, 5.41) is 5.78. The number of nitrogens with one attached hydrogen (secondary N) is 2. The minimum atomic E-state index is -4.46. The minimum Gasteiger partial charge on any atom is -0.380 e. The van der Waals surface area contributed by atoms with Gasteiger partial charge in [0.15, 0.2) is 5.78 Å². The SMILES string of the molecule is Cc1ncncc1C(=O)CCCC1(C(=O)NCc2ccc(Nc3ccccc3C(F)(F)F)cc2)CCOC1. The van der Waals surface area contributed by atoms with Gasteiger partial charge in [-0.05, 0) is 56.0 Å². The Bertz CT molecular complexity index is 1270. The van der Waals surface area contributed by atoms with Gasteiger partial charge < -0.3 is 15.4 Å². The Hall–Kier alpha value is -3.79. The van der Waals surface area contributed by atoms with E-state index in [9.17, 15) is 22.8 Å². The van der Waals surface area contributed by atoms with E-state index in [1.54, 1.807) is 31.2 Å². The topological polar surface area (TPSA) is 93.2 Å². The van der Waals surface area contributed by atoms with Crippen LogP contribution in [0.15, 0.2) is 61.1 Å². The first-order valence-corrected chi connectivity index (χ1v) is 12.4. The van der Waals surface area contributed by atoms with Crippen molar-refractivity contribution in [3.05, 3.63) is 83.4 Å². The van der Waals surface area contributed by atoms with Gasteiger partial charge >= 0.3 is 6.18 Å². The summed E-state index contributed by atoms with van der Waals surface area (Å²) in [6.07, 6.45) is 0.357. The highest BCUT2D eigenvalue weighted by Crippen LogP contribution is 2.36. The number of hydrogen-bond donors (Lipinski definition) is 2. The highest BCUT2D eigenvalue weighted by atomic mass is 19.4. The third-order valence-corrected chi connectivity index (χ3v) is 6.77. The summed E-state index contributed by atoms with van der Waals surface area (Å²) in [7, 11) is 0. The van der Waals surface area contributed by atoms with Crippen molar-refractivity contribution in [1.82, 2.24) is 15.3 Å². The van der Waals surface area contributed by atoms with Crippen molar-refractivity contribution >= 4 is 23.1 Å². The molecule has 2 aromatic carbocycles. The molecule has 3 aromatic rings. The zero-order valence-electron chi connectivity index (χ0n) is 21.0. The molecule has 10 heteroatoms. The van der Waals surface area contributed by atoms with Crippen LogP contribution in [0.2, 0.25) is 0 Å². The van der Waals surface area contributed by atoms with Gasteiger partial charge in [-0.1, -0.05) is 24.3 Å². The molecule has 1 aromatic heterocycles. The molecular formula is C28H29F3N4O3. The van der Waals surface area contributed by atoms with E-state index in [2.05, 4.69) is 20.6 Å². The second-order valence-electron chi connectivity index (χ2n) is 9.43. The van der Waals surface area contributed by atoms with Gasteiger partial charge in [0, 0.05) is 31.5 Å². The van der Waals surface area contributed by atoms with Gasteiger partial charge in [0.2, 0.25) is 5.91 Å².